The van der Waals surface area contributed by atoms with Crippen molar-refractivity contribution < 1.29 is 9.90 Å². The predicted molar refractivity (Wildman–Crippen MR) is 60.5 cm³/mol. The molecule has 1 N–H and O–H groups in total. The molecule has 16 heavy (non-hydrogen) atoms. The number of rotatable bonds is 6. The molecule has 0 radical (unpaired) electrons. The van der Waals surface area contributed by atoms with Crippen molar-refractivity contribution in [2.75, 3.05) is 19.6 Å². The molecule has 5 heteroatoms. The first-order valence-electron chi connectivity index (χ1n) is 5.45. The summed E-state index contributed by atoms with van der Waals surface area (Å²) in [5, 5.41) is 8.78. The molecular formula is C11H17N3O2. The third-order valence-corrected chi connectivity index (χ3v) is 2.47. The van der Waals surface area contributed by atoms with Crippen LogP contribution >= 0.6 is 0 Å². The SMILES string of the molecule is CCN(CC)CCc1nccc(C(=O)O)n1. The van der Waals surface area contributed by atoms with E-state index in [1.54, 1.807) is 0 Å². The largest absolute Gasteiger partial charge is 0.477 e. The summed E-state index contributed by atoms with van der Waals surface area (Å²) in [4.78, 5) is 21.0. The van der Waals surface area contributed by atoms with E-state index in [1.165, 1.54) is 12.3 Å². The first-order chi connectivity index (χ1) is 7.67. The van der Waals surface area contributed by atoms with E-state index in [2.05, 4.69) is 28.7 Å². The number of carboxylic acid groups (broad SMARTS) is 1. The Morgan fingerprint density at radius 2 is 2.12 bits per heavy atom. The molecule has 0 fully saturated rings. The van der Waals surface area contributed by atoms with Gasteiger partial charge in [0.05, 0.1) is 0 Å². The molecule has 5 nitrogen and oxygen atoms in total. The zero-order chi connectivity index (χ0) is 12.0. The van der Waals surface area contributed by atoms with Gasteiger partial charge in [0, 0.05) is 19.2 Å². The third-order valence-electron chi connectivity index (χ3n) is 2.47. The Morgan fingerprint density at radius 3 is 2.69 bits per heavy atom. The van der Waals surface area contributed by atoms with Gasteiger partial charge in [-0.15, -0.1) is 0 Å². The van der Waals surface area contributed by atoms with Crippen LogP contribution < -0.4 is 0 Å². The second kappa shape index (κ2) is 6.17. The Morgan fingerprint density at radius 1 is 1.44 bits per heavy atom. The van der Waals surface area contributed by atoms with E-state index in [4.69, 9.17) is 5.11 Å². The Bertz CT molecular complexity index is 351. The summed E-state index contributed by atoms with van der Waals surface area (Å²) in [6, 6.07) is 1.41. The summed E-state index contributed by atoms with van der Waals surface area (Å²) in [5.74, 6) is -0.418. The zero-order valence-corrected chi connectivity index (χ0v) is 9.68. The topological polar surface area (TPSA) is 66.3 Å². The van der Waals surface area contributed by atoms with E-state index < -0.39 is 5.97 Å². The molecule has 0 bridgehead atoms. The minimum absolute atomic E-state index is 0.0598. The van der Waals surface area contributed by atoms with Crippen LogP contribution in [0.5, 0.6) is 0 Å². The second-order valence-electron chi connectivity index (χ2n) is 3.44. The fourth-order valence-electron chi connectivity index (χ4n) is 1.44. The van der Waals surface area contributed by atoms with Crippen LogP contribution in [0.1, 0.15) is 30.2 Å². The van der Waals surface area contributed by atoms with E-state index in [9.17, 15) is 4.79 Å². The van der Waals surface area contributed by atoms with Crippen molar-refractivity contribution in [2.24, 2.45) is 0 Å². The van der Waals surface area contributed by atoms with Gasteiger partial charge in [-0.25, -0.2) is 14.8 Å². The van der Waals surface area contributed by atoms with Crippen LogP contribution in [0, 0.1) is 0 Å². The number of carboxylic acids is 1. The van der Waals surface area contributed by atoms with Crippen molar-refractivity contribution in [3.63, 3.8) is 0 Å². The minimum Gasteiger partial charge on any atom is -0.477 e. The Balaban J connectivity index is 2.60. The van der Waals surface area contributed by atoms with Crippen LogP contribution in [0.25, 0.3) is 0 Å². The van der Waals surface area contributed by atoms with Crippen molar-refractivity contribution in [1.29, 1.82) is 0 Å². The lowest BCUT2D eigenvalue weighted by Gasteiger charge is -2.16. The molecule has 1 rings (SSSR count). The lowest BCUT2D eigenvalue weighted by atomic mass is 10.3. The number of hydrogen-bond acceptors (Lipinski definition) is 4. The first-order valence-corrected chi connectivity index (χ1v) is 5.45. The van der Waals surface area contributed by atoms with Gasteiger partial charge in [0.1, 0.15) is 5.82 Å². The lowest BCUT2D eigenvalue weighted by Crippen LogP contribution is -2.26. The molecule has 1 heterocycles. The monoisotopic (exact) mass is 223 g/mol. The van der Waals surface area contributed by atoms with Gasteiger partial charge in [0.15, 0.2) is 5.69 Å². The van der Waals surface area contributed by atoms with Crippen LogP contribution in [0.2, 0.25) is 0 Å². The highest BCUT2D eigenvalue weighted by Gasteiger charge is 2.07. The summed E-state index contributed by atoms with van der Waals surface area (Å²) in [5.41, 5.74) is 0.0598. The molecule has 0 atom stereocenters. The molecule has 0 aliphatic rings. The number of aromatic nitrogens is 2. The molecule has 0 aliphatic heterocycles. The third kappa shape index (κ3) is 3.58. The number of carbonyl (C=O) groups is 1. The van der Waals surface area contributed by atoms with Crippen LogP contribution in [0.15, 0.2) is 12.3 Å². The van der Waals surface area contributed by atoms with E-state index in [-0.39, 0.29) is 5.69 Å². The number of hydrogen-bond donors (Lipinski definition) is 1. The molecule has 1 aromatic heterocycles. The van der Waals surface area contributed by atoms with Gasteiger partial charge in [0.2, 0.25) is 0 Å². The van der Waals surface area contributed by atoms with Crippen molar-refractivity contribution in [3.8, 4) is 0 Å². The molecule has 0 aromatic carbocycles. The van der Waals surface area contributed by atoms with Gasteiger partial charge in [-0.1, -0.05) is 13.8 Å². The first kappa shape index (κ1) is 12.6. The summed E-state index contributed by atoms with van der Waals surface area (Å²) >= 11 is 0. The van der Waals surface area contributed by atoms with Gasteiger partial charge < -0.3 is 10.0 Å². The summed E-state index contributed by atoms with van der Waals surface area (Å²) in [7, 11) is 0. The molecule has 88 valence electrons. The zero-order valence-electron chi connectivity index (χ0n) is 9.68. The average Bonchev–Trinajstić information content (AvgIpc) is 2.31. The van der Waals surface area contributed by atoms with Crippen LogP contribution in [-0.2, 0) is 6.42 Å². The second-order valence-corrected chi connectivity index (χ2v) is 3.44. The van der Waals surface area contributed by atoms with Gasteiger partial charge in [-0.3, -0.25) is 0 Å². The Kier molecular flexibility index (Phi) is 4.85. The standard InChI is InChI=1S/C11H17N3O2/c1-3-14(4-2)8-6-10-12-7-5-9(13-10)11(15)16/h5,7H,3-4,6,8H2,1-2H3,(H,15,16). The molecule has 0 amide bonds. The maximum Gasteiger partial charge on any atom is 0.354 e. The number of likely N-dealkylation sites (N-methyl/N-ethyl adjacent to an activating group) is 1. The lowest BCUT2D eigenvalue weighted by molar-refractivity contribution is 0.0690. The molecule has 0 saturated carbocycles. The minimum atomic E-state index is -1.01. The van der Waals surface area contributed by atoms with Crippen molar-refractivity contribution in [2.45, 2.75) is 20.3 Å². The fourth-order valence-corrected chi connectivity index (χ4v) is 1.44. The highest BCUT2D eigenvalue weighted by molar-refractivity contribution is 5.85. The molecular weight excluding hydrogens is 206 g/mol. The number of aromatic carboxylic acids is 1. The maximum absolute atomic E-state index is 10.7. The van der Waals surface area contributed by atoms with Gasteiger partial charge in [-0.2, -0.15) is 0 Å². The fraction of sp³-hybridized carbons (Fsp3) is 0.545. The summed E-state index contributed by atoms with van der Waals surface area (Å²) in [6.07, 6.45) is 2.18. The van der Waals surface area contributed by atoms with Gasteiger partial charge >= 0.3 is 5.97 Å². The maximum atomic E-state index is 10.7. The molecule has 0 aliphatic carbocycles. The van der Waals surface area contributed by atoms with Crippen LogP contribution in [0.4, 0.5) is 0 Å². The van der Waals surface area contributed by atoms with Crippen molar-refractivity contribution in [1.82, 2.24) is 14.9 Å². The molecule has 0 unspecified atom stereocenters. The highest BCUT2D eigenvalue weighted by atomic mass is 16.4. The Labute approximate surface area is 95.1 Å². The predicted octanol–water partition coefficient (Wildman–Crippen LogP) is 1.06. The van der Waals surface area contributed by atoms with E-state index in [1.807, 2.05) is 0 Å². The van der Waals surface area contributed by atoms with Crippen molar-refractivity contribution >= 4 is 5.97 Å². The normalized spacial score (nSPS) is 10.7. The summed E-state index contributed by atoms with van der Waals surface area (Å²) < 4.78 is 0. The molecule has 0 saturated heterocycles. The van der Waals surface area contributed by atoms with Gasteiger partial charge in [-0.05, 0) is 19.2 Å². The van der Waals surface area contributed by atoms with Crippen LogP contribution in [-0.4, -0.2) is 45.6 Å². The average molecular weight is 223 g/mol. The summed E-state index contributed by atoms with van der Waals surface area (Å²) in [6.45, 7) is 7.01. The quantitative estimate of drug-likeness (QED) is 0.781. The highest BCUT2D eigenvalue weighted by Crippen LogP contribution is 1.98. The molecule has 0 spiro atoms. The molecule has 1 aromatic rings. The van der Waals surface area contributed by atoms with E-state index >= 15 is 0 Å². The van der Waals surface area contributed by atoms with Crippen molar-refractivity contribution in [3.05, 3.63) is 23.8 Å². The smallest absolute Gasteiger partial charge is 0.354 e. The number of nitrogens with zero attached hydrogens (tertiary/aromatic N) is 3. The Hall–Kier alpha value is -1.49. The van der Waals surface area contributed by atoms with Crippen LogP contribution in [0.3, 0.4) is 0 Å². The van der Waals surface area contributed by atoms with Gasteiger partial charge in [0.25, 0.3) is 0 Å². The van der Waals surface area contributed by atoms with E-state index in [0.29, 0.717) is 12.2 Å². The van der Waals surface area contributed by atoms with E-state index in [0.717, 1.165) is 19.6 Å².